The Morgan fingerprint density at radius 2 is 1.56 bits per heavy atom. The van der Waals surface area contributed by atoms with E-state index in [1.807, 2.05) is 64.1 Å². The van der Waals surface area contributed by atoms with Crippen LogP contribution in [0.4, 0.5) is 17.1 Å². The SMILES string of the molecule is Cc1ccc(NC(=O)c2cccc(NC(=O)[C@H]3CC(=O)N(c4c(C)cccc4C)C3)c2)c(C)c1. The zero-order valence-electron chi connectivity index (χ0n) is 19.9. The zero-order chi connectivity index (χ0) is 24.4. The molecule has 0 unspecified atom stereocenters. The molecule has 6 heteroatoms. The van der Waals surface area contributed by atoms with Gasteiger partial charge in [-0.25, -0.2) is 0 Å². The summed E-state index contributed by atoms with van der Waals surface area (Å²) in [5.74, 6) is -0.993. The lowest BCUT2D eigenvalue weighted by Gasteiger charge is -2.21. The van der Waals surface area contributed by atoms with Crippen LogP contribution >= 0.6 is 0 Å². The summed E-state index contributed by atoms with van der Waals surface area (Å²) in [5, 5.41) is 5.81. The Morgan fingerprint density at radius 3 is 2.26 bits per heavy atom. The third-order valence-corrected chi connectivity index (χ3v) is 6.23. The van der Waals surface area contributed by atoms with E-state index in [2.05, 4.69) is 10.6 Å². The summed E-state index contributed by atoms with van der Waals surface area (Å²) in [4.78, 5) is 40.2. The highest BCUT2D eigenvalue weighted by atomic mass is 16.2. The van der Waals surface area contributed by atoms with Gasteiger partial charge in [-0.15, -0.1) is 0 Å². The van der Waals surface area contributed by atoms with Crippen molar-refractivity contribution in [3.8, 4) is 0 Å². The van der Waals surface area contributed by atoms with Gasteiger partial charge in [0.2, 0.25) is 11.8 Å². The quantitative estimate of drug-likeness (QED) is 0.558. The van der Waals surface area contributed by atoms with Gasteiger partial charge in [0.05, 0.1) is 5.92 Å². The first kappa shape index (κ1) is 23.2. The molecule has 0 spiro atoms. The van der Waals surface area contributed by atoms with Crippen LogP contribution in [0.5, 0.6) is 0 Å². The van der Waals surface area contributed by atoms with Crippen molar-refractivity contribution in [2.45, 2.75) is 34.1 Å². The maximum absolute atomic E-state index is 13.0. The normalized spacial score (nSPS) is 15.4. The van der Waals surface area contributed by atoms with E-state index in [1.54, 1.807) is 29.2 Å². The van der Waals surface area contributed by atoms with Crippen molar-refractivity contribution in [1.82, 2.24) is 0 Å². The van der Waals surface area contributed by atoms with Gasteiger partial charge in [0.1, 0.15) is 0 Å². The largest absolute Gasteiger partial charge is 0.326 e. The van der Waals surface area contributed by atoms with Crippen molar-refractivity contribution in [3.63, 3.8) is 0 Å². The minimum absolute atomic E-state index is 0.0563. The molecule has 3 aromatic carbocycles. The Hall–Kier alpha value is -3.93. The van der Waals surface area contributed by atoms with E-state index in [0.29, 0.717) is 17.8 Å². The molecular formula is C28H29N3O3. The number of anilines is 3. The molecule has 0 aliphatic carbocycles. The molecule has 6 nitrogen and oxygen atoms in total. The Balaban J connectivity index is 1.44. The second kappa shape index (κ2) is 9.51. The molecule has 0 bridgehead atoms. The fraction of sp³-hybridized carbons (Fsp3) is 0.250. The van der Waals surface area contributed by atoms with Crippen molar-refractivity contribution >= 4 is 34.8 Å². The number of nitrogens with zero attached hydrogens (tertiary/aromatic N) is 1. The van der Waals surface area contributed by atoms with Crippen molar-refractivity contribution < 1.29 is 14.4 Å². The van der Waals surface area contributed by atoms with E-state index in [-0.39, 0.29) is 24.1 Å². The highest BCUT2D eigenvalue weighted by Crippen LogP contribution is 2.31. The summed E-state index contributed by atoms with van der Waals surface area (Å²) in [5.41, 5.74) is 6.73. The van der Waals surface area contributed by atoms with Crippen LogP contribution in [0.2, 0.25) is 0 Å². The van der Waals surface area contributed by atoms with Gasteiger partial charge in [0.15, 0.2) is 0 Å². The van der Waals surface area contributed by atoms with E-state index >= 15 is 0 Å². The van der Waals surface area contributed by atoms with E-state index in [1.165, 1.54) is 0 Å². The minimum Gasteiger partial charge on any atom is -0.326 e. The third-order valence-electron chi connectivity index (χ3n) is 6.23. The maximum Gasteiger partial charge on any atom is 0.255 e. The lowest BCUT2D eigenvalue weighted by atomic mass is 10.1. The summed E-state index contributed by atoms with van der Waals surface area (Å²) in [7, 11) is 0. The Kier molecular flexibility index (Phi) is 6.50. The molecule has 1 atom stereocenters. The lowest BCUT2D eigenvalue weighted by molar-refractivity contribution is -0.122. The monoisotopic (exact) mass is 455 g/mol. The summed E-state index contributed by atoms with van der Waals surface area (Å²) in [6, 6.07) is 18.6. The average molecular weight is 456 g/mol. The van der Waals surface area contributed by atoms with Gasteiger partial charge in [0.25, 0.3) is 5.91 Å². The van der Waals surface area contributed by atoms with Crippen LogP contribution in [0, 0.1) is 33.6 Å². The zero-order valence-corrected chi connectivity index (χ0v) is 19.9. The maximum atomic E-state index is 13.0. The second-order valence-electron chi connectivity index (χ2n) is 8.99. The first-order chi connectivity index (χ1) is 16.2. The number of aryl methyl sites for hydroxylation is 4. The Bertz CT molecular complexity index is 1260. The molecule has 1 heterocycles. The summed E-state index contributed by atoms with van der Waals surface area (Å²) in [6.07, 6.45) is 0.159. The standard InChI is InChI=1S/C28H29N3O3/c1-17-11-12-24(20(4)13-17)30-27(33)21-9-6-10-23(14-21)29-28(34)22-15-25(32)31(16-22)26-18(2)7-5-8-19(26)3/h5-14,22H,15-16H2,1-4H3,(H,29,34)(H,30,33)/t22-/m0/s1. The predicted molar refractivity (Wildman–Crippen MR) is 135 cm³/mol. The topological polar surface area (TPSA) is 78.5 Å². The van der Waals surface area contributed by atoms with Gasteiger partial charge in [-0.2, -0.15) is 0 Å². The number of rotatable bonds is 5. The smallest absolute Gasteiger partial charge is 0.255 e. The number of para-hydroxylation sites is 1. The van der Waals surface area contributed by atoms with Crippen LogP contribution in [-0.2, 0) is 9.59 Å². The molecule has 3 amide bonds. The molecule has 34 heavy (non-hydrogen) atoms. The fourth-order valence-electron chi connectivity index (χ4n) is 4.46. The van der Waals surface area contributed by atoms with E-state index in [0.717, 1.165) is 33.6 Å². The van der Waals surface area contributed by atoms with E-state index in [4.69, 9.17) is 0 Å². The van der Waals surface area contributed by atoms with Gasteiger partial charge in [-0.1, -0.05) is 42.0 Å². The van der Waals surface area contributed by atoms with Crippen LogP contribution in [0.3, 0.4) is 0 Å². The van der Waals surface area contributed by atoms with Gasteiger partial charge in [-0.3, -0.25) is 14.4 Å². The van der Waals surface area contributed by atoms with Crippen LogP contribution in [0.15, 0.2) is 60.7 Å². The first-order valence-electron chi connectivity index (χ1n) is 11.4. The highest BCUT2D eigenvalue weighted by Gasteiger charge is 2.36. The van der Waals surface area contributed by atoms with Crippen LogP contribution in [0.1, 0.15) is 39.0 Å². The molecule has 3 aromatic rings. The number of hydrogen-bond acceptors (Lipinski definition) is 3. The number of nitrogens with one attached hydrogen (secondary N) is 2. The van der Waals surface area contributed by atoms with Crippen molar-refractivity contribution in [1.29, 1.82) is 0 Å². The van der Waals surface area contributed by atoms with Crippen molar-refractivity contribution in [2.75, 3.05) is 22.1 Å². The third kappa shape index (κ3) is 4.86. The fourth-order valence-corrected chi connectivity index (χ4v) is 4.46. The van der Waals surface area contributed by atoms with Gasteiger partial charge in [0, 0.05) is 35.6 Å². The van der Waals surface area contributed by atoms with E-state index in [9.17, 15) is 14.4 Å². The molecule has 1 fully saturated rings. The van der Waals surface area contributed by atoms with Gasteiger partial charge < -0.3 is 15.5 Å². The predicted octanol–water partition coefficient (Wildman–Crippen LogP) is 5.16. The molecular weight excluding hydrogens is 426 g/mol. The lowest BCUT2D eigenvalue weighted by Crippen LogP contribution is -2.29. The molecule has 4 rings (SSSR count). The second-order valence-corrected chi connectivity index (χ2v) is 8.99. The molecule has 0 aromatic heterocycles. The number of carbonyl (C=O) groups excluding carboxylic acids is 3. The minimum atomic E-state index is -0.459. The number of carbonyl (C=O) groups is 3. The average Bonchev–Trinajstić information content (AvgIpc) is 3.17. The van der Waals surface area contributed by atoms with Gasteiger partial charge in [-0.05, 0) is 68.7 Å². The summed E-state index contributed by atoms with van der Waals surface area (Å²) >= 11 is 0. The molecule has 0 saturated carbocycles. The van der Waals surface area contributed by atoms with Crippen LogP contribution in [0.25, 0.3) is 0 Å². The first-order valence-corrected chi connectivity index (χ1v) is 11.4. The van der Waals surface area contributed by atoms with Crippen molar-refractivity contribution in [3.05, 3.63) is 88.5 Å². The molecule has 174 valence electrons. The van der Waals surface area contributed by atoms with Crippen molar-refractivity contribution in [2.24, 2.45) is 5.92 Å². The number of benzene rings is 3. The Morgan fingerprint density at radius 1 is 0.853 bits per heavy atom. The molecule has 0 radical (unpaired) electrons. The van der Waals surface area contributed by atoms with Crippen LogP contribution in [-0.4, -0.2) is 24.3 Å². The molecule has 1 saturated heterocycles. The highest BCUT2D eigenvalue weighted by molar-refractivity contribution is 6.07. The summed E-state index contributed by atoms with van der Waals surface area (Å²) < 4.78 is 0. The Labute approximate surface area is 200 Å². The molecule has 2 N–H and O–H groups in total. The number of hydrogen-bond donors (Lipinski definition) is 2. The molecule has 1 aliphatic rings. The van der Waals surface area contributed by atoms with Crippen LogP contribution < -0.4 is 15.5 Å². The van der Waals surface area contributed by atoms with E-state index < -0.39 is 5.92 Å². The van der Waals surface area contributed by atoms with Gasteiger partial charge >= 0.3 is 0 Å². The number of amides is 3. The summed E-state index contributed by atoms with van der Waals surface area (Å²) in [6.45, 7) is 8.23. The molecule has 1 aliphatic heterocycles.